The number of nitrogens with one attached hydrogen (secondary N) is 1. The quantitative estimate of drug-likeness (QED) is 0.877. The molecule has 1 fully saturated rings. The molecule has 1 aliphatic rings. The van der Waals surface area contributed by atoms with Crippen LogP contribution in [0.4, 0.5) is 4.39 Å². The smallest absolute Gasteiger partial charge is 0.141 e. The van der Waals surface area contributed by atoms with E-state index in [9.17, 15) is 4.39 Å². The summed E-state index contributed by atoms with van der Waals surface area (Å²) >= 11 is 0. The van der Waals surface area contributed by atoms with Gasteiger partial charge in [-0.15, -0.1) is 0 Å². The largest absolute Gasteiger partial charge is 0.342 e. The van der Waals surface area contributed by atoms with Gasteiger partial charge in [-0.2, -0.15) is 5.26 Å². The first-order valence-electron chi connectivity index (χ1n) is 5.94. The van der Waals surface area contributed by atoms with Crippen LogP contribution in [0.3, 0.4) is 0 Å². The maximum absolute atomic E-state index is 13.4. The molecule has 0 saturated heterocycles. The highest BCUT2D eigenvalue weighted by atomic mass is 19.1. The summed E-state index contributed by atoms with van der Waals surface area (Å²) < 4.78 is 13.4. The summed E-state index contributed by atoms with van der Waals surface area (Å²) in [5.74, 6) is 0.834. The molecule has 3 rings (SSSR count). The lowest BCUT2D eigenvalue weighted by Crippen LogP contribution is -1.92. The molecule has 0 atom stereocenters. The number of halogens is 1. The van der Waals surface area contributed by atoms with E-state index in [1.54, 1.807) is 6.07 Å². The molecule has 0 radical (unpaired) electrons. The highest BCUT2D eigenvalue weighted by Gasteiger charge is 2.25. The van der Waals surface area contributed by atoms with Gasteiger partial charge in [0.2, 0.25) is 0 Å². The van der Waals surface area contributed by atoms with Gasteiger partial charge in [-0.05, 0) is 37.5 Å². The van der Waals surface area contributed by atoms with Gasteiger partial charge in [-0.3, -0.25) is 0 Å². The molecular weight excluding hydrogens is 229 g/mol. The van der Waals surface area contributed by atoms with E-state index in [4.69, 9.17) is 5.26 Å². The molecule has 0 aliphatic heterocycles. The van der Waals surface area contributed by atoms with Crippen LogP contribution in [0.25, 0.3) is 11.4 Å². The van der Waals surface area contributed by atoms with Gasteiger partial charge in [0.15, 0.2) is 0 Å². The Morgan fingerprint density at radius 1 is 1.44 bits per heavy atom. The number of hydrogen-bond donors (Lipinski definition) is 1. The van der Waals surface area contributed by atoms with Crippen molar-refractivity contribution in [2.45, 2.75) is 25.7 Å². The standard InChI is InChI=1S/C14H12FN3/c1-8-4-12(15)10(6-16)5-11(8)14-17-7-13(18-14)9-2-3-9/h4-5,7,9H,2-3H2,1H3,(H,17,18). The molecule has 1 saturated carbocycles. The van der Waals surface area contributed by atoms with E-state index in [1.807, 2.05) is 19.2 Å². The molecule has 2 aromatic rings. The minimum Gasteiger partial charge on any atom is -0.342 e. The minimum atomic E-state index is -0.479. The Morgan fingerprint density at radius 2 is 2.22 bits per heavy atom. The van der Waals surface area contributed by atoms with E-state index >= 15 is 0 Å². The molecule has 90 valence electrons. The van der Waals surface area contributed by atoms with E-state index in [0.717, 1.165) is 16.8 Å². The fourth-order valence-electron chi connectivity index (χ4n) is 2.09. The van der Waals surface area contributed by atoms with Crippen LogP contribution in [-0.2, 0) is 0 Å². The molecule has 1 aromatic heterocycles. The lowest BCUT2D eigenvalue weighted by Gasteiger charge is -2.04. The van der Waals surface area contributed by atoms with Crippen LogP contribution < -0.4 is 0 Å². The Bertz CT molecular complexity index is 648. The fourth-order valence-corrected chi connectivity index (χ4v) is 2.09. The second-order valence-corrected chi connectivity index (χ2v) is 4.72. The summed E-state index contributed by atoms with van der Waals surface area (Å²) in [6.45, 7) is 1.82. The number of H-pyrrole nitrogens is 1. The second-order valence-electron chi connectivity index (χ2n) is 4.72. The van der Waals surface area contributed by atoms with E-state index < -0.39 is 5.82 Å². The zero-order valence-electron chi connectivity index (χ0n) is 10.00. The third kappa shape index (κ3) is 1.78. The number of nitrogens with zero attached hydrogens (tertiary/aromatic N) is 2. The highest BCUT2D eigenvalue weighted by Crippen LogP contribution is 2.39. The van der Waals surface area contributed by atoms with Crippen molar-refractivity contribution in [2.24, 2.45) is 0 Å². The monoisotopic (exact) mass is 241 g/mol. The molecule has 0 spiro atoms. The number of benzene rings is 1. The first kappa shape index (κ1) is 11.0. The van der Waals surface area contributed by atoms with Gasteiger partial charge in [0.05, 0.1) is 5.56 Å². The fraction of sp³-hybridized carbons (Fsp3) is 0.286. The lowest BCUT2D eigenvalue weighted by atomic mass is 10.0. The van der Waals surface area contributed by atoms with Gasteiger partial charge in [0.25, 0.3) is 0 Å². The van der Waals surface area contributed by atoms with Crippen LogP contribution in [0.2, 0.25) is 0 Å². The van der Waals surface area contributed by atoms with Crippen molar-refractivity contribution in [1.29, 1.82) is 5.26 Å². The maximum Gasteiger partial charge on any atom is 0.141 e. The number of imidazole rings is 1. The molecule has 0 amide bonds. The molecular formula is C14H12FN3. The van der Waals surface area contributed by atoms with Crippen molar-refractivity contribution in [3.05, 3.63) is 41.0 Å². The Morgan fingerprint density at radius 3 is 2.89 bits per heavy atom. The van der Waals surface area contributed by atoms with Crippen molar-refractivity contribution in [3.8, 4) is 17.5 Å². The van der Waals surface area contributed by atoms with Crippen molar-refractivity contribution in [1.82, 2.24) is 9.97 Å². The topological polar surface area (TPSA) is 52.5 Å². The number of aromatic nitrogens is 2. The highest BCUT2D eigenvalue weighted by molar-refractivity contribution is 5.63. The summed E-state index contributed by atoms with van der Waals surface area (Å²) in [6, 6.07) is 4.80. The van der Waals surface area contributed by atoms with Crippen LogP contribution in [0.15, 0.2) is 18.3 Å². The molecule has 1 aliphatic carbocycles. The first-order valence-corrected chi connectivity index (χ1v) is 5.94. The van der Waals surface area contributed by atoms with E-state index in [-0.39, 0.29) is 5.56 Å². The second kappa shape index (κ2) is 3.95. The van der Waals surface area contributed by atoms with Crippen LogP contribution in [0, 0.1) is 24.1 Å². The maximum atomic E-state index is 13.4. The summed E-state index contributed by atoms with van der Waals surface area (Å²) in [7, 11) is 0. The van der Waals surface area contributed by atoms with Crippen LogP contribution >= 0.6 is 0 Å². The molecule has 18 heavy (non-hydrogen) atoms. The number of rotatable bonds is 2. The lowest BCUT2D eigenvalue weighted by molar-refractivity contribution is 0.623. The van der Waals surface area contributed by atoms with E-state index in [0.29, 0.717) is 11.7 Å². The van der Waals surface area contributed by atoms with Crippen molar-refractivity contribution in [3.63, 3.8) is 0 Å². The third-order valence-electron chi connectivity index (χ3n) is 3.30. The molecule has 3 nitrogen and oxygen atoms in total. The summed E-state index contributed by atoms with van der Waals surface area (Å²) in [5.41, 5.74) is 2.76. The Hall–Kier alpha value is -2.15. The van der Waals surface area contributed by atoms with Crippen molar-refractivity contribution < 1.29 is 4.39 Å². The molecule has 0 bridgehead atoms. The van der Waals surface area contributed by atoms with Gasteiger partial charge in [0, 0.05) is 23.4 Å². The molecule has 0 unspecified atom stereocenters. The Balaban J connectivity index is 2.07. The van der Waals surface area contributed by atoms with Crippen LogP contribution in [-0.4, -0.2) is 9.97 Å². The Labute approximate surface area is 104 Å². The van der Waals surface area contributed by atoms with E-state index in [1.165, 1.54) is 18.9 Å². The van der Waals surface area contributed by atoms with Crippen LogP contribution in [0.1, 0.15) is 35.6 Å². The molecule has 1 heterocycles. The third-order valence-corrected chi connectivity index (χ3v) is 3.30. The van der Waals surface area contributed by atoms with Gasteiger partial charge in [-0.1, -0.05) is 0 Å². The van der Waals surface area contributed by atoms with Gasteiger partial charge in [-0.25, -0.2) is 9.37 Å². The zero-order valence-corrected chi connectivity index (χ0v) is 10.00. The summed E-state index contributed by atoms with van der Waals surface area (Å²) in [6.07, 6.45) is 4.24. The van der Waals surface area contributed by atoms with Gasteiger partial charge in [0.1, 0.15) is 17.7 Å². The average Bonchev–Trinajstić information content (AvgIpc) is 3.09. The number of hydrogen-bond acceptors (Lipinski definition) is 2. The molecule has 4 heteroatoms. The number of nitriles is 1. The van der Waals surface area contributed by atoms with Crippen molar-refractivity contribution >= 4 is 0 Å². The van der Waals surface area contributed by atoms with Gasteiger partial charge < -0.3 is 4.98 Å². The van der Waals surface area contributed by atoms with Crippen molar-refractivity contribution in [2.75, 3.05) is 0 Å². The Kier molecular flexibility index (Phi) is 2.41. The predicted octanol–water partition coefficient (Wildman–Crippen LogP) is 3.27. The minimum absolute atomic E-state index is 0.0555. The first-order chi connectivity index (χ1) is 8.69. The normalized spacial score (nSPS) is 14.5. The summed E-state index contributed by atoms with van der Waals surface area (Å²) in [4.78, 5) is 7.59. The molecule has 1 aromatic carbocycles. The van der Waals surface area contributed by atoms with Gasteiger partial charge >= 0.3 is 0 Å². The predicted molar refractivity (Wildman–Crippen MR) is 65.4 cm³/mol. The number of aromatic amines is 1. The van der Waals surface area contributed by atoms with E-state index in [2.05, 4.69) is 9.97 Å². The molecule has 1 N–H and O–H groups in total. The zero-order chi connectivity index (χ0) is 12.7. The summed E-state index contributed by atoms with van der Waals surface area (Å²) in [5, 5.41) is 8.86. The average molecular weight is 241 g/mol. The van der Waals surface area contributed by atoms with Crippen LogP contribution in [0.5, 0.6) is 0 Å². The SMILES string of the molecule is Cc1cc(F)c(C#N)cc1-c1ncc(C2CC2)[nH]1. The number of aryl methyl sites for hydroxylation is 1.